The molecule has 2 heteroatoms. The molecule has 0 bridgehead atoms. The smallest absolute Gasteiger partial charge is 0.128 e. The zero-order valence-corrected chi connectivity index (χ0v) is 9.22. The van der Waals surface area contributed by atoms with Gasteiger partial charge in [-0.1, -0.05) is 19.9 Å². The Morgan fingerprint density at radius 3 is 2.57 bits per heavy atom. The number of ether oxygens (including phenoxy) is 1. The summed E-state index contributed by atoms with van der Waals surface area (Å²) in [5.41, 5.74) is 2.36. The van der Waals surface area contributed by atoms with Crippen LogP contribution in [0.25, 0.3) is 10.9 Å². The average Bonchev–Trinajstić information content (AvgIpc) is 2.64. The Labute approximate surface area is 84.9 Å². The van der Waals surface area contributed by atoms with Gasteiger partial charge in [0.1, 0.15) is 5.75 Å². The van der Waals surface area contributed by atoms with Gasteiger partial charge < -0.3 is 9.72 Å². The van der Waals surface area contributed by atoms with Crippen LogP contribution < -0.4 is 4.74 Å². The molecule has 2 nitrogen and oxygen atoms in total. The second-order valence-electron chi connectivity index (χ2n) is 2.85. The van der Waals surface area contributed by atoms with Gasteiger partial charge in [0, 0.05) is 17.1 Å². The molecular weight excluding hydrogens is 174 g/mol. The molecule has 2 aromatic rings. The maximum absolute atomic E-state index is 5.25. The molecule has 1 N–H and O–H groups in total. The summed E-state index contributed by atoms with van der Waals surface area (Å²) in [6.45, 7) is 6.07. The van der Waals surface area contributed by atoms with Crippen LogP contribution in [0, 0.1) is 6.92 Å². The van der Waals surface area contributed by atoms with Crippen LogP contribution in [0.15, 0.2) is 24.4 Å². The lowest BCUT2D eigenvalue weighted by Gasteiger charge is -2.01. The predicted octanol–water partition coefficient (Wildman–Crippen LogP) is 3.51. The lowest BCUT2D eigenvalue weighted by atomic mass is 10.2. The molecule has 1 heterocycles. The van der Waals surface area contributed by atoms with Crippen molar-refractivity contribution in [1.29, 1.82) is 0 Å². The normalized spacial score (nSPS) is 9.43. The van der Waals surface area contributed by atoms with Crippen molar-refractivity contribution in [3.8, 4) is 5.75 Å². The first kappa shape index (κ1) is 10.6. The molecule has 0 amide bonds. The summed E-state index contributed by atoms with van der Waals surface area (Å²) < 4.78 is 5.25. The van der Waals surface area contributed by atoms with Gasteiger partial charge in [-0.2, -0.15) is 0 Å². The van der Waals surface area contributed by atoms with Crippen molar-refractivity contribution in [2.45, 2.75) is 20.8 Å². The van der Waals surface area contributed by atoms with Crippen LogP contribution in [0.2, 0.25) is 0 Å². The maximum Gasteiger partial charge on any atom is 0.128 e. The van der Waals surface area contributed by atoms with Gasteiger partial charge in [0.05, 0.1) is 7.11 Å². The lowest BCUT2D eigenvalue weighted by molar-refractivity contribution is 0.419. The molecule has 0 saturated heterocycles. The Hall–Kier alpha value is -1.44. The molecule has 0 aliphatic heterocycles. The largest absolute Gasteiger partial charge is 0.496 e. The molecule has 14 heavy (non-hydrogen) atoms. The van der Waals surface area contributed by atoms with Gasteiger partial charge in [-0.05, 0) is 24.6 Å². The summed E-state index contributed by atoms with van der Waals surface area (Å²) in [7, 11) is 1.70. The molecule has 0 aliphatic carbocycles. The minimum atomic E-state index is 0.936. The number of hydrogen-bond acceptors (Lipinski definition) is 1. The Kier molecular flexibility index (Phi) is 3.57. The highest BCUT2D eigenvalue weighted by molar-refractivity contribution is 5.88. The van der Waals surface area contributed by atoms with Gasteiger partial charge in [-0.25, -0.2) is 0 Å². The number of fused-ring (bicyclic) bond motifs is 1. The van der Waals surface area contributed by atoms with Crippen LogP contribution in [0.1, 0.15) is 19.4 Å². The quantitative estimate of drug-likeness (QED) is 0.733. The molecule has 0 saturated carbocycles. The van der Waals surface area contributed by atoms with E-state index in [4.69, 9.17) is 4.74 Å². The minimum Gasteiger partial charge on any atom is -0.496 e. The van der Waals surface area contributed by atoms with E-state index >= 15 is 0 Å². The molecule has 0 fully saturated rings. The Bertz CT molecular complexity index is 404. The first-order valence-electron chi connectivity index (χ1n) is 4.93. The van der Waals surface area contributed by atoms with E-state index in [1.54, 1.807) is 7.11 Å². The Balaban J connectivity index is 0.000000461. The van der Waals surface area contributed by atoms with E-state index in [1.165, 1.54) is 10.9 Å². The van der Waals surface area contributed by atoms with Crippen LogP contribution in [0.3, 0.4) is 0 Å². The average molecular weight is 191 g/mol. The maximum atomic E-state index is 5.25. The number of hydrogen-bond donors (Lipinski definition) is 1. The number of aromatic amines is 1. The fourth-order valence-electron chi connectivity index (χ4n) is 1.49. The highest BCUT2D eigenvalue weighted by Crippen LogP contribution is 2.27. The highest BCUT2D eigenvalue weighted by Gasteiger charge is 2.03. The van der Waals surface area contributed by atoms with Crippen molar-refractivity contribution >= 4 is 10.9 Å². The van der Waals surface area contributed by atoms with Gasteiger partial charge in [0.15, 0.2) is 0 Å². The molecule has 0 atom stereocenters. The zero-order chi connectivity index (χ0) is 10.6. The van der Waals surface area contributed by atoms with E-state index in [1.807, 2.05) is 38.2 Å². The second-order valence-corrected chi connectivity index (χ2v) is 2.85. The zero-order valence-electron chi connectivity index (χ0n) is 9.22. The van der Waals surface area contributed by atoms with Gasteiger partial charge in [0.25, 0.3) is 0 Å². The van der Waals surface area contributed by atoms with Crippen molar-refractivity contribution in [1.82, 2.24) is 4.98 Å². The molecule has 1 aromatic heterocycles. The number of nitrogens with one attached hydrogen (secondary N) is 1. The van der Waals surface area contributed by atoms with Gasteiger partial charge >= 0.3 is 0 Å². The van der Waals surface area contributed by atoms with Crippen LogP contribution in [0.4, 0.5) is 0 Å². The monoisotopic (exact) mass is 191 g/mol. The third-order valence-electron chi connectivity index (χ3n) is 2.08. The van der Waals surface area contributed by atoms with E-state index in [2.05, 4.69) is 11.9 Å². The van der Waals surface area contributed by atoms with Crippen molar-refractivity contribution < 1.29 is 4.74 Å². The van der Waals surface area contributed by atoms with Crippen molar-refractivity contribution in [3.63, 3.8) is 0 Å². The number of H-pyrrole nitrogens is 1. The van der Waals surface area contributed by atoms with Crippen LogP contribution in [0.5, 0.6) is 5.75 Å². The van der Waals surface area contributed by atoms with Crippen LogP contribution in [-0.4, -0.2) is 12.1 Å². The SMILES string of the molecule is CC.COc1cccc2[nH]cc(C)c12. The molecule has 0 radical (unpaired) electrons. The fraction of sp³-hybridized carbons (Fsp3) is 0.333. The van der Waals surface area contributed by atoms with E-state index in [0.29, 0.717) is 0 Å². The summed E-state index contributed by atoms with van der Waals surface area (Å²) in [4.78, 5) is 3.18. The first-order chi connectivity index (χ1) is 6.83. The number of rotatable bonds is 1. The summed E-state index contributed by atoms with van der Waals surface area (Å²) >= 11 is 0. The first-order valence-corrected chi connectivity index (χ1v) is 4.93. The Morgan fingerprint density at radius 2 is 1.93 bits per heavy atom. The molecular formula is C12H17NO. The van der Waals surface area contributed by atoms with E-state index < -0.39 is 0 Å². The summed E-state index contributed by atoms with van der Waals surface area (Å²) in [5, 5.41) is 1.18. The topological polar surface area (TPSA) is 25.0 Å². The summed E-state index contributed by atoms with van der Waals surface area (Å²) in [5.74, 6) is 0.936. The fourth-order valence-corrected chi connectivity index (χ4v) is 1.49. The second kappa shape index (κ2) is 4.70. The van der Waals surface area contributed by atoms with Gasteiger partial charge in [0.2, 0.25) is 0 Å². The number of methoxy groups -OCH3 is 1. The number of benzene rings is 1. The van der Waals surface area contributed by atoms with E-state index in [9.17, 15) is 0 Å². The van der Waals surface area contributed by atoms with Crippen LogP contribution >= 0.6 is 0 Å². The molecule has 76 valence electrons. The molecule has 2 rings (SSSR count). The highest BCUT2D eigenvalue weighted by atomic mass is 16.5. The van der Waals surface area contributed by atoms with E-state index in [0.717, 1.165) is 11.3 Å². The number of aromatic nitrogens is 1. The minimum absolute atomic E-state index is 0.936. The third-order valence-corrected chi connectivity index (χ3v) is 2.08. The van der Waals surface area contributed by atoms with Crippen molar-refractivity contribution in [2.75, 3.05) is 7.11 Å². The molecule has 0 spiro atoms. The molecule has 0 aliphatic rings. The standard InChI is InChI=1S/C10H11NO.C2H6/c1-7-6-11-8-4-3-5-9(12-2)10(7)8;1-2/h3-6,11H,1-2H3;1-2H3. The third kappa shape index (κ3) is 1.74. The molecule has 0 unspecified atom stereocenters. The van der Waals surface area contributed by atoms with Gasteiger partial charge in [-0.3, -0.25) is 0 Å². The van der Waals surface area contributed by atoms with Crippen LogP contribution in [-0.2, 0) is 0 Å². The summed E-state index contributed by atoms with van der Waals surface area (Å²) in [6, 6.07) is 6.01. The van der Waals surface area contributed by atoms with Crippen molar-refractivity contribution in [2.24, 2.45) is 0 Å². The van der Waals surface area contributed by atoms with Crippen molar-refractivity contribution in [3.05, 3.63) is 30.0 Å². The Morgan fingerprint density at radius 1 is 1.21 bits per heavy atom. The number of aryl methyl sites for hydroxylation is 1. The predicted molar refractivity (Wildman–Crippen MR) is 60.9 cm³/mol. The lowest BCUT2D eigenvalue weighted by Crippen LogP contribution is -1.83. The van der Waals surface area contributed by atoms with Gasteiger partial charge in [-0.15, -0.1) is 0 Å². The van der Waals surface area contributed by atoms with E-state index in [-0.39, 0.29) is 0 Å². The molecule has 1 aromatic carbocycles. The summed E-state index contributed by atoms with van der Waals surface area (Å²) in [6.07, 6.45) is 1.99.